The highest BCUT2D eigenvalue weighted by Gasteiger charge is 2.20. The van der Waals surface area contributed by atoms with Crippen molar-refractivity contribution < 1.29 is 8.42 Å². The molecule has 1 N–H and O–H groups in total. The van der Waals surface area contributed by atoms with Gasteiger partial charge in [-0.2, -0.15) is 5.26 Å². The van der Waals surface area contributed by atoms with Gasteiger partial charge in [0.25, 0.3) is 0 Å². The van der Waals surface area contributed by atoms with E-state index in [2.05, 4.69) is 10.3 Å². The summed E-state index contributed by atoms with van der Waals surface area (Å²) in [7, 11) is -3.86. The van der Waals surface area contributed by atoms with Crippen molar-refractivity contribution in [2.45, 2.75) is 4.90 Å². The molecule has 0 atom stereocenters. The summed E-state index contributed by atoms with van der Waals surface area (Å²) in [5.41, 5.74) is 1.33. The molecule has 1 heterocycles. The van der Waals surface area contributed by atoms with E-state index in [-0.39, 0.29) is 9.80 Å². The molecule has 0 fully saturated rings. The van der Waals surface area contributed by atoms with Gasteiger partial charge in [-0.1, -0.05) is 36.4 Å². The zero-order valence-corrected chi connectivity index (χ0v) is 13.4. The Morgan fingerprint density at radius 3 is 2.54 bits per heavy atom. The molecule has 1 aromatic heterocycles. The van der Waals surface area contributed by atoms with Crippen LogP contribution in [0, 0.1) is 11.3 Å². The number of allylic oxidation sites excluding steroid dienone is 1. The number of hydrogen-bond donors (Lipinski definition) is 1. The number of sulfone groups is 1. The Labute approximate surface area is 139 Å². The first kappa shape index (κ1) is 15.7. The molecule has 5 nitrogen and oxygen atoms in total. The lowest BCUT2D eigenvalue weighted by molar-refractivity contribution is 0.603. The second-order valence-corrected chi connectivity index (χ2v) is 6.88. The van der Waals surface area contributed by atoms with Crippen LogP contribution in [0.25, 0.3) is 10.9 Å². The SMILES string of the molecule is N#C/C(=C/Nc1cccc2cccnc12)S(=O)(=O)c1ccccc1. The number of hydrogen-bond acceptors (Lipinski definition) is 5. The molecule has 0 saturated heterocycles. The summed E-state index contributed by atoms with van der Waals surface area (Å²) >= 11 is 0. The van der Waals surface area contributed by atoms with Crippen molar-refractivity contribution in [2.75, 3.05) is 5.32 Å². The summed E-state index contributed by atoms with van der Waals surface area (Å²) in [6.07, 6.45) is 2.86. The van der Waals surface area contributed by atoms with Gasteiger partial charge >= 0.3 is 0 Å². The van der Waals surface area contributed by atoms with Gasteiger partial charge in [0.15, 0.2) is 4.91 Å². The van der Waals surface area contributed by atoms with E-state index in [1.807, 2.05) is 24.3 Å². The van der Waals surface area contributed by atoms with E-state index < -0.39 is 9.84 Å². The number of anilines is 1. The number of nitrogens with zero attached hydrogens (tertiary/aromatic N) is 2. The minimum absolute atomic E-state index is 0.0793. The normalized spacial score (nSPS) is 11.9. The highest BCUT2D eigenvalue weighted by atomic mass is 32.2. The van der Waals surface area contributed by atoms with Crippen molar-refractivity contribution >= 4 is 26.4 Å². The molecule has 3 aromatic rings. The number of fused-ring (bicyclic) bond motifs is 1. The molecule has 6 heteroatoms. The van der Waals surface area contributed by atoms with Crippen LogP contribution in [0.1, 0.15) is 0 Å². The number of aromatic nitrogens is 1. The number of para-hydroxylation sites is 1. The van der Waals surface area contributed by atoms with Crippen LogP contribution >= 0.6 is 0 Å². The first-order valence-electron chi connectivity index (χ1n) is 7.13. The Bertz CT molecular complexity index is 1050. The molecule has 0 amide bonds. The minimum atomic E-state index is -3.86. The maximum Gasteiger partial charge on any atom is 0.218 e. The van der Waals surface area contributed by atoms with Crippen LogP contribution < -0.4 is 5.32 Å². The average molecular weight is 335 g/mol. The fraction of sp³-hybridized carbons (Fsp3) is 0. The lowest BCUT2D eigenvalue weighted by atomic mass is 10.2. The predicted molar refractivity (Wildman–Crippen MR) is 92.7 cm³/mol. The average Bonchev–Trinajstić information content (AvgIpc) is 2.63. The molecule has 3 rings (SSSR count). The first-order chi connectivity index (χ1) is 11.6. The second-order valence-electron chi connectivity index (χ2n) is 4.96. The van der Waals surface area contributed by atoms with E-state index in [1.165, 1.54) is 18.3 Å². The standard InChI is InChI=1S/C18H13N3O2S/c19-12-16(24(22,23)15-8-2-1-3-9-15)13-21-17-10-4-6-14-7-5-11-20-18(14)17/h1-11,13,21H/b16-13-. The summed E-state index contributed by atoms with van der Waals surface area (Å²) in [6, 6.07) is 18.9. The quantitative estimate of drug-likeness (QED) is 0.738. The molecule has 0 unspecified atom stereocenters. The van der Waals surface area contributed by atoms with Crippen LogP contribution in [-0.4, -0.2) is 13.4 Å². The molecule has 0 bridgehead atoms. The molecule has 0 aliphatic rings. The molecule has 0 spiro atoms. The Hall–Kier alpha value is -3.17. The van der Waals surface area contributed by atoms with Gasteiger partial charge in [-0.15, -0.1) is 0 Å². The minimum Gasteiger partial charge on any atom is -0.358 e. The van der Waals surface area contributed by atoms with E-state index in [9.17, 15) is 13.7 Å². The third-order valence-corrected chi connectivity index (χ3v) is 5.13. The van der Waals surface area contributed by atoms with Crippen LogP contribution in [0.5, 0.6) is 0 Å². The molecule has 0 aliphatic heterocycles. The van der Waals surface area contributed by atoms with Gasteiger partial charge in [0, 0.05) is 17.8 Å². The van der Waals surface area contributed by atoms with Gasteiger partial charge in [0.05, 0.1) is 16.1 Å². The van der Waals surface area contributed by atoms with E-state index in [0.717, 1.165) is 5.39 Å². The van der Waals surface area contributed by atoms with Crippen molar-refractivity contribution in [3.63, 3.8) is 0 Å². The molecule has 118 valence electrons. The topological polar surface area (TPSA) is 82.8 Å². The Balaban J connectivity index is 1.99. The fourth-order valence-corrected chi connectivity index (χ4v) is 3.36. The van der Waals surface area contributed by atoms with Crippen molar-refractivity contribution in [3.05, 3.63) is 78.0 Å². The van der Waals surface area contributed by atoms with Gasteiger partial charge in [-0.25, -0.2) is 8.42 Å². The number of rotatable bonds is 4. The lowest BCUT2D eigenvalue weighted by Crippen LogP contribution is -2.05. The van der Waals surface area contributed by atoms with Crippen molar-refractivity contribution in [1.29, 1.82) is 5.26 Å². The fourth-order valence-electron chi connectivity index (χ4n) is 2.26. The van der Waals surface area contributed by atoms with Crippen LogP contribution in [0.2, 0.25) is 0 Å². The summed E-state index contributed by atoms with van der Waals surface area (Å²) in [6.45, 7) is 0. The van der Waals surface area contributed by atoms with Crippen LogP contribution in [0.4, 0.5) is 5.69 Å². The van der Waals surface area contributed by atoms with Gasteiger partial charge in [-0.05, 0) is 24.3 Å². The van der Waals surface area contributed by atoms with Crippen molar-refractivity contribution in [2.24, 2.45) is 0 Å². The van der Waals surface area contributed by atoms with Crippen LogP contribution in [-0.2, 0) is 9.84 Å². The Morgan fingerprint density at radius 1 is 1.04 bits per heavy atom. The largest absolute Gasteiger partial charge is 0.358 e. The predicted octanol–water partition coefficient (Wildman–Crippen LogP) is 3.49. The molecule has 24 heavy (non-hydrogen) atoms. The molecule has 0 saturated carbocycles. The maximum atomic E-state index is 12.5. The molecule has 0 radical (unpaired) electrons. The third-order valence-electron chi connectivity index (χ3n) is 3.44. The van der Waals surface area contributed by atoms with E-state index in [1.54, 1.807) is 36.5 Å². The van der Waals surface area contributed by atoms with Crippen LogP contribution in [0.3, 0.4) is 0 Å². The highest BCUT2D eigenvalue weighted by Crippen LogP contribution is 2.22. The smallest absolute Gasteiger partial charge is 0.218 e. The van der Waals surface area contributed by atoms with Crippen molar-refractivity contribution in [1.82, 2.24) is 4.98 Å². The molecule has 2 aromatic carbocycles. The van der Waals surface area contributed by atoms with Crippen molar-refractivity contribution in [3.8, 4) is 6.07 Å². The number of nitriles is 1. The van der Waals surface area contributed by atoms with E-state index in [0.29, 0.717) is 11.2 Å². The summed E-state index contributed by atoms with van der Waals surface area (Å²) in [4.78, 5) is 4.00. The van der Waals surface area contributed by atoms with Gasteiger partial charge in [0.1, 0.15) is 6.07 Å². The number of nitrogens with one attached hydrogen (secondary N) is 1. The monoisotopic (exact) mass is 335 g/mol. The Morgan fingerprint density at radius 2 is 1.79 bits per heavy atom. The third kappa shape index (κ3) is 2.98. The number of pyridine rings is 1. The summed E-state index contributed by atoms with van der Waals surface area (Å²) in [5.74, 6) is 0. The molecular formula is C18H13N3O2S. The summed E-state index contributed by atoms with van der Waals surface area (Å²) in [5, 5.41) is 13.1. The zero-order valence-electron chi connectivity index (χ0n) is 12.5. The summed E-state index contributed by atoms with van der Waals surface area (Å²) < 4.78 is 25.0. The highest BCUT2D eigenvalue weighted by molar-refractivity contribution is 7.95. The maximum absolute atomic E-state index is 12.5. The zero-order chi connectivity index (χ0) is 17.0. The van der Waals surface area contributed by atoms with Gasteiger partial charge < -0.3 is 5.32 Å². The van der Waals surface area contributed by atoms with Crippen LogP contribution in [0.15, 0.2) is 82.9 Å². The van der Waals surface area contributed by atoms with Gasteiger partial charge in [0.2, 0.25) is 9.84 Å². The lowest BCUT2D eigenvalue weighted by Gasteiger charge is -2.07. The number of benzene rings is 2. The van der Waals surface area contributed by atoms with E-state index >= 15 is 0 Å². The second kappa shape index (κ2) is 6.52. The molecular weight excluding hydrogens is 322 g/mol. The Kier molecular flexibility index (Phi) is 4.27. The van der Waals surface area contributed by atoms with Gasteiger partial charge in [-0.3, -0.25) is 4.98 Å². The van der Waals surface area contributed by atoms with E-state index in [4.69, 9.17) is 0 Å². The first-order valence-corrected chi connectivity index (χ1v) is 8.62. The molecule has 0 aliphatic carbocycles.